The Labute approximate surface area is 203 Å². The third kappa shape index (κ3) is 4.48. The third-order valence-electron chi connectivity index (χ3n) is 5.99. The molecule has 0 spiro atoms. The maximum Gasteiger partial charge on any atom is 0.175 e. The Balaban J connectivity index is 1.55. The zero-order valence-corrected chi connectivity index (χ0v) is 20.4. The first-order chi connectivity index (χ1) is 16.7. The highest BCUT2D eigenvalue weighted by Crippen LogP contribution is 2.34. The van der Waals surface area contributed by atoms with Gasteiger partial charge in [0, 0.05) is 46.1 Å². The van der Waals surface area contributed by atoms with E-state index in [2.05, 4.69) is 22.3 Å². The maximum atomic E-state index is 11.7. The summed E-state index contributed by atoms with van der Waals surface area (Å²) < 4.78 is 25.3. The van der Waals surface area contributed by atoms with Crippen molar-refractivity contribution in [3.05, 3.63) is 72.7 Å². The van der Waals surface area contributed by atoms with Gasteiger partial charge in [0.2, 0.25) is 0 Å². The first-order valence-corrected chi connectivity index (χ1v) is 13.1. The number of benzene rings is 2. The lowest BCUT2D eigenvalue weighted by Gasteiger charge is -2.12. The number of aromatic nitrogens is 4. The van der Waals surface area contributed by atoms with Gasteiger partial charge in [-0.3, -0.25) is 9.67 Å². The van der Waals surface area contributed by atoms with E-state index < -0.39 is 15.9 Å². The first kappa shape index (κ1) is 22.9. The number of nitrogens with one attached hydrogen (secondary N) is 1. The van der Waals surface area contributed by atoms with E-state index in [-0.39, 0.29) is 4.90 Å². The van der Waals surface area contributed by atoms with Gasteiger partial charge in [0.15, 0.2) is 9.84 Å². The van der Waals surface area contributed by atoms with Crippen LogP contribution in [0.25, 0.3) is 32.9 Å². The number of aliphatic hydroxyl groups excluding tert-OH is 1. The number of nitrogens with zero attached hydrogens (tertiary/aromatic N) is 4. The molecule has 0 aliphatic rings. The Morgan fingerprint density at radius 2 is 1.80 bits per heavy atom. The van der Waals surface area contributed by atoms with Gasteiger partial charge in [-0.25, -0.2) is 13.4 Å². The molecule has 0 bridgehead atoms. The number of aliphatic hydroxyl groups is 1. The van der Waals surface area contributed by atoms with Gasteiger partial charge in [-0.05, 0) is 61.9 Å². The Bertz CT molecular complexity index is 1660. The van der Waals surface area contributed by atoms with Gasteiger partial charge < -0.3 is 10.4 Å². The summed E-state index contributed by atoms with van der Waals surface area (Å²) in [6.45, 7) is 4.23. The van der Waals surface area contributed by atoms with Crippen molar-refractivity contribution in [2.45, 2.75) is 31.4 Å². The fourth-order valence-corrected chi connectivity index (χ4v) is 4.86. The molecule has 9 heteroatoms. The van der Waals surface area contributed by atoms with Crippen LogP contribution in [0.4, 0.5) is 11.5 Å². The molecule has 0 aliphatic heterocycles. The lowest BCUT2D eigenvalue weighted by molar-refractivity contribution is 0.170. The van der Waals surface area contributed by atoms with Crippen LogP contribution in [0.5, 0.6) is 0 Å². The van der Waals surface area contributed by atoms with E-state index in [4.69, 9.17) is 4.98 Å². The molecule has 0 aliphatic carbocycles. The molecule has 5 aromatic rings. The fourth-order valence-electron chi connectivity index (χ4n) is 4.23. The Hall–Kier alpha value is -3.82. The predicted molar refractivity (Wildman–Crippen MR) is 138 cm³/mol. The summed E-state index contributed by atoms with van der Waals surface area (Å²) in [7, 11) is -3.25. The molecule has 8 nitrogen and oxygen atoms in total. The van der Waals surface area contributed by atoms with Crippen molar-refractivity contribution < 1.29 is 13.5 Å². The van der Waals surface area contributed by atoms with Crippen molar-refractivity contribution in [1.29, 1.82) is 0 Å². The molecule has 178 valence electrons. The lowest BCUT2D eigenvalue weighted by Crippen LogP contribution is -2.12. The molecule has 3 aromatic heterocycles. The molecule has 2 aromatic carbocycles. The van der Waals surface area contributed by atoms with Crippen LogP contribution in [0, 0.1) is 6.92 Å². The lowest BCUT2D eigenvalue weighted by atomic mass is 9.98. The van der Waals surface area contributed by atoms with Crippen LogP contribution in [0.2, 0.25) is 0 Å². The second kappa shape index (κ2) is 8.75. The largest absolute Gasteiger partial charge is 0.391 e. The second-order valence-corrected chi connectivity index (χ2v) is 10.7. The van der Waals surface area contributed by atoms with Crippen molar-refractivity contribution in [1.82, 2.24) is 19.7 Å². The van der Waals surface area contributed by atoms with Gasteiger partial charge in [-0.15, -0.1) is 0 Å². The molecule has 1 unspecified atom stereocenters. The Morgan fingerprint density at radius 3 is 2.51 bits per heavy atom. The smallest absolute Gasteiger partial charge is 0.175 e. The van der Waals surface area contributed by atoms with Crippen LogP contribution in [0.1, 0.15) is 12.5 Å². The summed E-state index contributed by atoms with van der Waals surface area (Å²) in [5, 5.41) is 20.4. The third-order valence-corrected chi connectivity index (χ3v) is 7.12. The number of rotatable bonds is 6. The van der Waals surface area contributed by atoms with E-state index in [1.165, 1.54) is 6.26 Å². The van der Waals surface area contributed by atoms with Gasteiger partial charge in [0.25, 0.3) is 0 Å². The summed E-state index contributed by atoms with van der Waals surface area (Å²) in [6, 6.07) is 14.5. The number of anilines is 2. The van der Waals surface area contributed by atoms with E-state index in [0.29, 0.717) is 12.4 Å². The molecule has 0 radical (unpaired) electrons. The van der Waals surface area contributed by atoms with Gasteiger partial charge >= 0.3 is 0 Å². The highest BCUT2D eigenvalue weighted by atomic mass is 32.2. The van der Waals surface area contributed by atoms with Crippen molar-refractivity contribution in [2.75, 3.05) is 11.6 Å². The van der Waals surface area contributed by atoms with Crippen molar-refractivity contribution in [3.63, 3.8) is 0 Å². The number of hydrogen-bond acceptors (Lipinski definition) is 7. The topological polar surface area (TPSA) is 110 Å². The molecule has 3 heterocycles. The minimum Gasteiger partial charge on any atom is -0.391 e. The zero-order valence-electron chi connectivity index (χ0n) is 19.6. The zero-order chi connectivity index (χ0) is 24.7. The van der Waals surface area contributed by atoms with Crippen molar-refractivity contribution in [3.8, 4) is 11.3 Å². The van der Waals surface area contributed by atoms with E-state index in [0.717, 1.165) is 44.2 Å². The molecule has 0 amide bonds. The van der Waals surface area contributed by atoms with Crippen LogP contribution >= 0.6 is 0 Å². The minimum atomic E-state index is -3.25. The normalized spacial score (nSPS) is 12.8. The minimum absolute atomic E-state index is 0.267. The van der Waals surface area contributed by atoms with Crippen LogP contribution in [0.3, 0.4) is 0 Å². The summed E-state index contributed by atoms with van der Waals surface area (Å²) in [5.41, 5.74) is 4.59. The molecular weight excluding hydrogens is 462 g/mol. The predicted octanol–water partition coefficient (Wildman–Crippen LogP) is 4.48. The number of hydrogen-bond donors (Lipinski definition) is 2. The molecule has 5 rings (SSSR count). The number of pyridine rings is 2. The molecule has 0 saturated carbocycles. The van der Waals surface area contributed by atoms with Gasteiger partial charge in [-0.1, -0.05) is 6.07 Å². The van der Waals surface area contributed by atoms with E-state index in [1.807, 2.05) is 35.1 Å². The van der Waals surface area contributed by atoms with Crippen LogP contribution in [-0.4, -0.2) is 45.6 Å². The highest BCUT2D eigenvalue weighted by molar-refractivity contribution is 7.90. The van der Waals surface area contributed by atoms with E-state index >= 15 is 0 Å². The summed E-state index contributed by atoms with van der Waals surface area (Å²) in [6.07, 6.45) is 6.10. The molecule has 0 saturated heterocycles. The van der Waals surface area contributed by atoms with Gasteiger partial charge in [0.1, 0.15) is 5.82 Å². The van der Waals surface area contributed by atoms with Gasteiger partial charge in [-0.2, -0.15) is 5.10 Å². The summed E-state index contributed by atoms with van der Waals surface area (Å²) in [5.74, 6) is 0.627. The SMILES string of the molecule is Cc1c(-c2nccc3cnc(Nc4ccc(S(C)(=O)=O)cc4)cc23)ccc2c1cnn2CC(C)O. The molecule has 0 fully saturated rings. The van der Waals surface area contributed by atoms with E-state index in [9.17, 15) is 13.5 Å². The maximum absolute atomic E-state index is 11.7. The van der Waals surface area contributed by atoms with Crippen LogP contribution in [-0.2, 0) is 16.4 Å². The Morgan fingerprint density at radius 1 is 1.03 bits per heavy atom. The van der Waals surface area contributed by atoms with Crippen LogP contribution in [0.15, 0.2) is 72.0 Å². The standard InChI is InChI=1S/C26H25N5O3S/c1-16(32)15-31-24-9-8-21(17(2)23(24)14-29-31)26-22-12-25(28-13-18(22)10-11-27-26)30-19-4-6-20(7-5-19)35(3,33)34/h4-14,16,32H,15H2,1-3H3,(H,28,30). The number of sulfone groups is 1. The van der Waals surface area contributed by atoms with E-state index in [1.54, 1.807) is 43.6 Å². The van der Waals surface area contributed by atoms with Gasteiger partial charge in [0.05, 0.1) is 35.0 Å². The number of fused-ring (bicyclic) bond motifs is 2. The summed E-state index contributed by atoms with van der Waals surface area (Å²) in [4.78, 5) is 9.48. The van der Waals surface area contributed by atoms with Crippen molar-refractivity contribution in [2.24, 2.45) is 0 Å². The Kier molecular flexibility index (Phi) is 5.74. The summed E-state index contributed by atoms with van der Waals surface area (Å²) >= 11 is 0. The molecule has 1 atom stereocenters. The molecular formula is C26H25N5O3S. The average Bonchev–Trinajstić information content (AvgIpc) is 3.22. The first-order valence-electron chi connectivity index (χ1n) is 11.2. The van der Waals surface area contributed by atoms with Crippen LogP contribution < -0.4 is 5.32 Å². The number of aryl methyl sites for hydroxylation is 1. The highest BCUT2D eigenvalue weighted by Gasteiger charge is 2.15. The fraction of sp³-hybridized carbons (Fsp3) is 0.192. The average molecular weight is 488 g/mol. The van der Waals surface area contributed by atoms with Crippen molar-refractivity contribution >= 4 is 43.0 Å². The quantitative estimate of drug-likeness (QED) is 0.363. The monoisotopic (exact) mass is 487 g/mol. The molecule has 2 N–H and O–H groups in total. The molecule has 35 heavy (non-hydrogen) atoms. The second-order valence-electron chi connectivity index (χ2n) is 8.72.